The zero-order valence-electron chi connectivity index (χ0n) is 40.2. The van der Waals surface area contributed by atoms with Gasteiger partial charge in [0.2, 0.25) is 0 Å². The van der Waals surface area contributed by atoms with E-state index in [-0.39, 0.29) is 37.5 Å². The highest BCUT2D eigenvalue weighted by Gasteiger charge is 2.19. The van der Waals surface area contributed by atoms with Gasteiger partial charge in [-0.25, -0.2) is 0 Å². The lowest BCUT2D eigenvalue weighted by molar-refractivity contribution is -0.167. The van der Waals surface area contributed by atoms with Crippen molar-refractivity contribution in [1.82, 2.24) is 0 Å². The summed E-state index contributed by atoms with van der Waals surface area (Å²) in [5, 5.41) is 0. The van der Waals surface area contributed by atoms with E-state index in [9.17, 15) is 14.4 Å². The fourth-order valence-electron chi connectivity index (χ4n) is 7.13. The van der Waals surface area contributed by atoms with Crippen molar-refractivity contribution in [2.45, 2.75) is 258 Å². The fraction of sp³-hybridized carbons (Fsp3) is 0.764. The molecule has 6 heteroatoms. The zero-order chi connectivity index (χ0) is 44.4. The van der Waals surface area contributed by atoms with Gasteiger partial charge in [-0.3, -0.25) is 14.4 Å². The van der Waals surface area contributed by atoms with Crippen molar-refractivity contribution >= 4 is 17.9 Å². The van der Waals surface area contributed by atoms with Gasteiger partial charge < -0.3 is 14.2 Å². The van der Waals surface area contributed by atoms with E-state index >= 15 is 0 Å². The molecular weight excluding hydrogens is 757 g/mol. The summed E-state index contributed by atoms with van der Waals surface area (Å²) in [4.78, 5) is 37.9. The predicted molar refractivity (Wildman–Crippen MR) is 261 cm³/mol. The number of unbranched alkanes of at least 4 members (excludes halogenated alkanes) is 25. The van der Waals surface area contributed by atoms with E-state index < -0.39 is 6.10 Å². The van der Waals surface area contributed by atoms with Crippen molar-refractivity contribution in [2.24, 2.45) is 0 Å². The van der Waals surface area contributed by atoms with E-state index in [1.165, 1.54) is 128 Å². The molecule has 0 aliphatic heterocycles. The van der Waals surface area contributed by atoms with Gasteiger partial charge in [0.05, 0.1) is 0 Å². The van der Waals surface area contributed by atoms with Crippen LogP contribution in [0.2, 0.25) is 0 Å². The van der Waals surface area contributed by atoms with Crippen LogP contribution in [-0.2, 0) is 28.6 Å². The number of carbonyl (C=O) groups excluding carboxylic acids is 3. The summed E-state index contributed by atoms with van der Waals surface area (Å²) in [5.41, 5.74) is 0. The molecule has 0 bridgehead atoms. The van der Waals surface area contributed by atoms with E-state index in [1.807, 2.05) is 0 Å². The van der Waals surface area contributed by atoms with Crippen LogP contribution in [0.15, 0.2) is 60.8 Å². The van der Waals surface area contributed by atoms with Gasteiger partial charge in [-0.05, 0) is 83.5 Å². The minimum atomic E-state index is -0.794. The van der Waals surface area contributed by atoms with Crippen LogP contribution >= 0.6 is 0 Å². The van der Waals surface area contributed by atoms with Crippen LogP contribution in [-0.4, -0.2) is 37.2 Å². The van der Waals surface area contributed by atoms with Gasteiger partial charge in [0, 0.05) is 19.3 Å². The standard InChI is InChI=1S/C55H96O6/c1-4-7-10-13-16-19-22-24-26-27-28-30-31-33-36-39-42-45-48-54(57)60-51-52(50-59-53(56)47-44-41-38-35-21-18-15-12-9-6-3)61-55(58)49-46-43-40-37-34-32-29-25-23-20-17-14-11-8-5-2/h8,11,17,20,25-27,29,34,37,52H,4-7,9-10,12-16,18-19,21-24,28,30-33,35-36,38-51H2,1-3H3/b11-8-,20-17-,27-26-,29-25-,37-34-. The molecule has 0 saturated carbocycles. The molecule has 61 heavy (non-hydrogen) atoms. The summed E-state index contributed by atoms with van der Waals surface area (Å²) >= 11 is 0. The molecule has 0 aliphatic rings. The lowest BCUT2D eigenvalue weighted by Gasteiger charge is -2.18. The first-order valence-electron chi connectivity index (χ1n) is 25.8. The van der Waals surface area contributed by atoms with Gasteiger partial charge >= 0.3 is 17.9 Å². The highest BCUT2D eigenvalue weighted by Crippen LogP contribution is 2.14. The van der Waals surface area contributed by atoms with Crippen LogP contribution in [0.25, 0.3) is 0 Å². The van der Waals surface area contributed by atoms with Crippen molar-refractivity contribution in [3.63, 3.8) is 0 Å². The summed E-state index contributed by atoms with van der Waals surface area (Å²) in [6, 6.07) is 0. The Bertz CT molecular complexity index is 1120. The maximum Gasteiger partial charge on any atom is 0.306 e. The summed E-state index contributed by atoms with van der Waals surface area (Å²) in [7, 11) is 0. The second-order valence-corrected chi connectivity index (χ2v) is 17.1. The Kier molecular flexibility index (Phi) is 47.4. The lowest BCUT2D eigenvalue weighted by atomic mass is 10.1. The molecule has 0 radical (unpaired) electrons. The van der Waals surface area contributed by atoms with E-state index in [0.29, 0.717) is 19.3 Å². The maximum atomic E-state index is 12.8. The van der Waals surface area contributed by atoms with Crippen molar-refractivity contribution in [3.8, 4) is 0 Å². The van der Waals surface area contributed by atoms with Crippen LogP contribution in [0.1, 0.15) is 252 Å². The average molecular weight is 853 g/mol. The van der Waals surface area contributed by atoms with Crippen LogP contribution in [0.3, 0.4) is 0 Å². The van der Waals surface area contributed by atoms with Gasteiger partial charge in [0.25, 0.3) is 0 Å². The first-order valence-corrected chi connectivity index (χ1v) is 25.8. The maximum absolute atomic E-state index is 12.8. The normalized spacial score (nSPS) is 12.5. The number of ether oxygens (including phenoxy) is 3. The largest absolute Gasteiger partial charge is 0.462 e. The molecule has 0 fully saturated rings. The average Bonchev–Trinajstić information content (AvgIpc) is 3.26. The Balaban J connectivity index is 4.39. The molecule has 6 nitrogen and oxygen atoms in total. The lowest BCUT2D eigenvalue weighted by Crippen LogP contribution is -2.30. The monoisotopic (exact) mass is 853 g/mol. The third-order valence-electron chi connectivity index (χ3n) is 11.0. The van der Waals surface area contributed by atoms with Crippen LogP contribution in [0.4, 0.5) is 0 Å². The second kappa shape index (κ2) is 49.8. The highest BCUT2D eigenvalue weighted by molar-refractivity contribution is 5.71. The SMILES string of the molecule is CC/C=C\C/C=C\C/C=C\C/C=C\CCCCC(=O)OC(COC(=O)CCCCCCCCC/C=C\CCCCCCCCC)COC(=O)CCCCCCCCCCCC. The van der Waals surface area contributed by atoms with Gasteiger partial charge in [0.15, 0.2) is 6.10 Å². The van der Waals surface area contributed by atoms with Gasteiger partial charge in [-0.15, -0.1) is 0 Å². The molecule has 0 saturated heterocycles. The minimum absolute atomic E-state index is 0.0907. The molecule has 352 valence electrons. The number of allylic oxidation sites excluding steroid dienone is 10. The van der Waals surface area contributed by atoms with Gasteiger partial charge in [-0.2, -0.15) is 0 Å². The Morgan fingerprint density at radius 2 is 0.639 bits per heavy atom. The Morgan fingerprint density at radius 1 is 0.344 bits per heavy atom. The number of rotatable bonds is 46. The number of hydrogen-bond donors (Lipinski definition) is 0. The zero-order valence-corrected chi connectivity index (χ0v) is 40.2. The van der Waals surface area contributed by atoms with Crippen molar-refractivity contribution < 1.29 is 28.6 Å². The van der Waals surface area contributed by atoms with Crippen LogP contribution in [0.5, 0.6) is 0 Å². The molecule has 0 aromatic heterocycles. The molecule has 0 amide bonds. The summed E-state index contributed by atoms with van der Waals surface area (Å²) in [5.74, 6) is -0.935. The third-order valence-corrected chi connectivity index (χ3v) is 11.0. The minimum Gasteiger partial charge on any atom is -0.462 e. The molecule has 0 N–H and O–H groups in total. The summed E-state index contributed by atoms with van der Waals surface area (Å²) < 4.78 is 16.7. The fourth-order valence-corrected chi connectivity index (χ4v) is 7.13. The first kappa shape index (κ1) is 58.1. The van der Waals surface area contributed by atoms with E-state index in [4.69, 9.17) is 14.2 Å². The Hall–Kier alpha value is -2.89. The molecule has 1 atom stereocenters. The molecular formula is C55H96O6. The number of carbonyl (C=O) groups is 3. The number of hydrogen-bond acceptors (Lipinski definition) is 6. The molecule has 0 aliphatic carbocycles. The highest BCUT2D eigenvalue weighted by atomic mass is 16.6. The molecule has 0 aromatic carbocycles. The molecule has 1 unspecified atom stereocenters. The van der Waals surface area contributed by atoms with E-state index in [2.05, 4.69) is 81.5 Å². The second-order valence-electron chi connectivity index (χ2n) is 17.1. The summed E-state index contributed by atoms with van der Waals surface area (Å²) in [6.45, 7) is 6.48. The van der Waals surface area contributed by atoms with Gasteiger partial charge in [0.1, 0.15) is 13.2 Å². The molecule has 0 heterocycles. The van der Waals surface area contributed by atoms with Crippen molar-refractivity contribution in [1.29, 1.82) is 0 Å². The number of esters is 3. The quantitative estimate of drug-likeness (QED) is 0.0263. The third kappa shape index (κ3) is 48.0. The molecule has 0 spiro atoms. The topological polar surface area (TPSA) is 78.9 Å². The Morgan fingerprint density at radius 3 is 1.05 bits per heavy atom. The smallest absolute Gasteiger partial charge is 0.306 e. The predicted octanol–water partition coefficient (Wildman–Crippen LogP) is 16.9. The van der Waals surface area contributed by atoms with Crippen molar-refractivity contribution in [3.05, 3.63) is 60.8 Å². The van der Waals surface area contributed by atoms with Crippen molar-refractivity contribution in [2.75, 3.05) is 13.2 Å². The van der Waals surface area contributed by atoms with E-state index in [1.54, 1.807) is 0 Å². The van der Waals surface area contributed by atoms with E-state index in [0.717, 1.165) is 77.0 Å². The van der Waals surface area contributed by atoms with Gasteiger partial charge in [-0.1, -0.05) is 210 Å². The first-order chi connectivity index (χ1) is 30.0. The molecule has 0 aromatic rings. The molecule has 0 rings (SSSR count). The Labute approximate surface area is 377 Å². The van der Waals surface area contributed by atoms with Crippen LogP contribution < -0.4 is 0 Å². The summed E-state index contributed by atoms with van der Waals surface area (Å²) in [6.07, 6.45) is 60.7. The van der Waals surface area contributed by atoms with Crippen LogP contribution in [0, 0.1) is 0 Å².